The number of fused-ring (bicyclic) bond motifs is 1. The van der Waals surface area contributed by atoms with Crippen LogP contribution in [0.5, 0.6) is 17.2 Å². The molecule has 0 spiro atoms. The number of rotatable bonds is 5. The number of nitrogens with one attached hydrogen (secondary N) is 2. The molecule has 0 aliphatic carbocycles. The van der Waals surface area contributed by atoms with Gasteiger partial charge in [-0.25, -0.2) is 0 Å². The first kappa shape index (κ1) is 13.6. The maximum atomic E-state index is 5.61. The number of aromatic amines is 1. The van der Waals surface area contributed by atoms with Gasteiger partial charge >= 0.3 is 0 Å². The molecule has 1 aliphatic heterocycles. The first-order chi connectivity index (χ1) is 10.3. The van der Waals surface area contributed by atoms with Gasteiger partial charge in [0.2, 0.25) is 5.75 Å². The lowest BCUT2D eigenvalue weighted by molar-refractivity contribution is 0.165. The van der Waals surface area contributed by atoms with Gasteiger partial charge in [0.1, 0.15) is 13.2 Å². The Balaban J connectivity index is 1.73. The summed E-state index contributed by atoms with van der Waals surface area (Å²) in [5, 5.41) is 17.2. The van der Waals surface area contributed by atoms with Crippen molar-refractivity contribution in [2.45, 2.75) is 19.5 Å². The average Bonchev–Trinajstić information content (AvgIpc) is 3.06. The highest BCUT2D eigenvalue weighted by molar-refractivity contribution is 5.54. The predicted octanol–water partition coefficient (Wildman–Crippen LogP) is 0.830. The molecule has 2 aromatic rings. The summed E-state index contributed by atoms with van der Waals surface area (Å²) in [6.07, 6.45) is 0. The second kappa shape index (κ2) is 5.96. The summed E-state index contributed by atoms with van der Waals surface area (Å²) in [4.78, 5) is 0. The number of ether oxygens (including phenoxy) is 3. The van der Waals surface area contributed by atoms with Crippen molar-refractivity contribution in [1.82, 2.24) is 25.9 Å². The van der Waals surface area contributed by atoms with Crippen molar-refractivity contribution < 1.29 is 14.2 Å². The van der Waals surface area contributed by atoms with Crippen LogP contribution in [0.4, 0.5) is 0 Å². The van der Waals surface area contributed by atoms with Crippen LogP contribution in [-0.2, 0) is 6.54 Å². The molecule has 0 amide bonds. The van der Waals surface area contributed by atoms with Crippen LogP contribution in [0.15, 0.2) is 12.1 Å². The zero-order valence-corrected chi connectivity index (χ0v) is 11.9. The number of nitrogens with zero attached hydrogens (tertiary/aromatic N) is 3. The van der Waals surface area contributed by atoms with E-state index >= 15 is 0 Å². The third-order valence-corrected chi connectivity index (χ3v) is 3.25. The van der Waals surface area contributed by atoms with E-state index in [4.69, 9.17) is 14.2 Å². The Bertz CT molecular complexity index is 585. The first-order valence-corrected chi connectivity index (χ1v) is 6.71. The quantitative estimate of drug-likeness (QED) is 0.842. The highest BCUT2D eigenvalue weighted by atomic mass is 16.6. The summed E-state index contributed by atoms with van der Waals surface area (Å²) in [5.41, 5.74) is 1.03. The Morgan fingerprint density at radius 2 is 2.24 bits per heavy atom. The SMILES string of the molecule is COc1cc(CNC(C)c2nn[nH]n2)cc2c1OCCO2. The van der Waals surface area contributed by atoms with Gasteiger partial charge in [-0.2, -0.15) is 5.21 Å². The van der Waals surface area contributed by atoms with E-state index in [1.165, 1.54) is 0 Å². The van der Waals surface area contributed by atoms with E-state index in [0.717, 1.165) is 5.56 Å². The van der Waals surface area contributed by atoms with Crippen LogP contribution in [0.25, 0.3) is 0 Å². The molecule has 0 radical (unpaired) electrons. The minimum absolute atomic E-state index is 0.0112. The van der Waals surface area contributed by atoms with E-state index in [9.17, 15) is 0 Å². The molecule has 3 rings (SSSR count). The van der Waals surface area contributed by atoms with Gasteiger partial charge in [-0.15, -0.1) is 10.2 Å². The minimum Gasteiger partial charge on any atom is -0.493 e. The van der Waals surface area contributed by atoms with E-state index in [-0.39, 0.29) is 6.04 Å². The lowest BCUT2D eigenvalue weighted by atomic mass is 10.1. The highest BCUT2D eigenvalue weighted by Gasteiger charge is 2.19. The molecule has 8 nitrogen and oxygen atoms in total. The Kier molecular flexibility index (Phi) is 3.87. The van der Waals surface area contributed by atoms with Crippen LogP contribution in [0, 0.1) is 0 Å². The van der Waals surface area contributed by atoms with Gasteiger partial charge in [-0.1, -0.05) is 5.21 Å². The van der Waals surface area contributed by atoms with Crippen molar-refractivity contribution in [2.75, 3.05) is 20.3 Å². The molecule has 0 fully saturated rings. The Hall–Kier alpha value is -2.35. The summed E-state index contributed by atoms with van der Waals surface area (Å²) in [6.45, 7) is 3.69. The number of tetrazole rings is 1. The van der Waals surface area contributed by atoms with E-state index in [0.29, 0.717) is 42.8 Å². The topological polar surface area (TPSA) is 94.2 Å². The summed E-state index contributed by atoms with van der Waals surface area (Å²) >= 11 is 0. The van der Waals surface area contributed by atoms with Crippen molar-refractivity contribution in [2.24, 2.45) is 0 Å². The van der Waals surface area contributed by atoms with Gasteiger partial charge < -0.3 is 19.5 Å². The van der Waals surface area contributed by atoms with Crippen molar-refractivity contribution >= 4 is 0 Å². The Morgan fingerprint density at radius 1 is 1.38 bits per heavy atom. The van der Waals surface area contributed by atoms with Crippen molar-refractivity contribution in [3.05, 3.63) is 23.5 Å². The van der Waals surface area contributed by atoms with Crippen molar-refractivity contribution in [1.29, 1.82) is 0 Å². The van der Waals surface area contributed by atoms with Gasteiger partial charge in [0.25, 0.3) is 0 Å². The second-order valence-electron chi connectivity index (χ2n) is 4.69. The fraction of sp³-hybridized carbons (Fsp3) is 0.462. The molecular formula is C13H17N5O3. The molecule has 0 saturated heterocycles. The molecule has 8 heteroatoms. The summed E-state index contributed by atoms with van der Waals surface area (Å²) in [7, 11) is 1.62. The summed E-state index contributed by atoms with van der Waals surface area (Å²) in [5.74, 6) is 2.68. The molecular weight excluding hydrogens is 274 g/mol. The van der Waals surface area contributed by atoms with Gasteiger partial charge in [-0.3, -0.25) is 0 Å². The number of H-pyrrole nitrogens is 1. The van der Waals surface area contributed by atoms with Crippen LogP contribution in [-0.4, -0.2) is 40.9 Å². The largest absolute Gasteiger partial charge is 0.493 e. The number of hydrogen-bond donors (Lipinski definition) is 2. The normalized spacial score (nSPS) is 14.8. The van der Waals surface area contributed by atoms with E-state index in [2.05, 4.69) is 25.9 Å². The lowest BCUT2D eigenvalue weighted by Crippen LogP contribution is -2.20. The summed E-state index contributed by atoms with van der Waals surface area (Å²) < 4.78 is 16.6. The van der Waals surface area contributed by atoms with Gasteiger partial charge in [-0.05, 0) is 24.6 Å². The molecule has 0 bridgehead atoms. The van der Waals surface area contributed by atoms with E-state index < -0.39 is 0 Å². The fourth-order valence-corrected chi connectivity index (χ4v) is 2.14. The lowest BCUT2D eigenvalue weighted by Gasteiger charge is -2.21. The standard InChI is InChI=1S/C13H17N5O3/c1-8(13-15-17-18-16-13)14-7-9-5-10(19-2)12-11(6-9)20-3-4-21-12/h5-6,8,14H,3-4,7H2,1-2H3,(H,15,16,17,18). The smallest absolute Gasteiger partial charge is 0.203 e. The molecule has 0 saturated carbocycles. The number of methoxy groups -OCH3 is 1. The molecule has 1 unspecified atom stereocenters. The van der Waals surface area contributed by atoms with Crippen LogP contribution < -0.4 is 19.5 Å². The predicted molar refractivity (Wildman–Crippen MR) is 73.4 cm³/mol. The monoisotopic (exact) mass is 291 g/mol. The van der Waals surface area contributed by atoms with Gasteiger partial charge in [0.15, 0.2) is 17.3 Å². The van der Waals surface area contributed by atoms with E-state index in [1.807, 2.05) is 19.1 Å². The van der Waals surface area contributed by atoms with E-state index in [1.54, 1.807) is 7.11 Å². The maximum absolute atomic E-state index is 5.61. The molecule has 2 N–H and O–H groups in total. The number of benzene rings is 1. The molecule has 1 atom stereocenters. The zero-order chi connectivity index (χ0) is 14.7. The fourth-order valence-electron chi connectivity index (χ4n) is 2.14. The third-order valence-electron chi connectivity index (χ3n) is 3.25. The molecule has 112 valence electrons. The Morgan fingerprint density at radius 3 is 3.00 bits per heavy atom. The van der Waals surface area contributed by atoms with Crippen molar-refractivity contribution in [3.63, 3.8) is 0 Å². The van der Waals surface area contributed by atoms with Crippen LogP contribution >= 0.6 is 0 Å². The minimum atomic E-state index is -0.0112. The molecule has 21 heavy (non-hydrogen) atoms. The first-order valence-electron chi connectivity index (χ1n) is 6.71. The number of aromatic nitrogens is 4. The highest BCUT2D eigenvalue weighted by Crippen LogP contribution is 2.40. The maximum Gasteiger partial charge on any atom is 0.203 e. The second-order valence-corrected chi connectivity index (χ2v) is 4.69. The van der Waals surface area contributed by atoms with Crippen molar-refractivity contribution in [3.8, 4) is 17.2 Å². The molecule has 1 aliphatic rings. The summed E-state index contributed by atoms with van der Waals surface area (Å²) in [6, 6.07) is 3.87. The van der Waals surface area contributed by atoms with Crippen LogP contribution in [0.1, 0.15) is 24.4 Å². The van der Waals surface area contributed by atoms with Gasteiger partial charge in [0.05, 0.1) is 13.2 Å². The third kappa shape index (κ3) is 2.89. The number of hydrogen-bond acceptors (Lipinski definition) is 7. The molecule has 2 heterocycles. The molecule has 1 aromatic carbocycles. The van der Waals surface area contributed by atoms with Crippen LogP contribution in [0.3, 0.4) is 0 Å². The van der Waals surface area contributed by atoms with Gasteiger partial charge in [0, 0.05) is 6.54 Å². The van der Waals surface area contributed by atoms with Crippen LogP contribution in [0.2, 0.25) is 0 Å². The average molecular weight is 291 g/mol. The Labute approximate surface area is 121 Å². The molecule has 1 aromatic heterocycles. The zero-order valence-electron chi connectivity index (χ0n) is 11.9.